The third-order valence-electron chi connectivity index (χ3n) is 5.30. The first-order valence-corrected chi connectivity index (χ1v) is 10.5. The van der Waals surface area contributed by atoms with Crippen LogP contribution in [-0.2, 0) is 18.9 Å². The summed E-state index contributed by atoms with van der Waals surface area (Å²) < 4.78 is 29.5. The van der Waals surface area contributed by atoms with Crippen LogP contribution in [0.25, 0.3) is 0 Å². The Morgan fingerprint density at radius 1 is 0.966 bits per heavy atom. The Hall–Kier alpha value is -1.85. The van der Waals surface area contributed by atoms with Gasteiger partial charge in [-0.05, 0) is 42.4 Å². The zero-order chi connectivity index (χ0) is 21.8. The molecule has 0 radical (unpaired) electrons. The third-order valence-corrected chi connectivity index (χ3v) is 5.30. The Bertz CT molecular complexity index is 815. The maximum atomic E-state index is 16.1. The van der Waals surface area contributed by atoms with E-state index in [4.69, 9.17) is 4.98 Å². The van der Waals surface area contributed by atoms with Crippen molar-refractivity contribution in [2.45, 2.75) is 84.6 Å². The highest BCUT2D eigenvalue weighted by Gasteiger charge is 2.39. The van der Waals surface area contributed by atoms with E-state index in [1.54, 1.807) is 0 Å². The first-order chi connectivity index (χ1) is 13.6. The first kappa shape index (κ1) is 23.4. The van der Waals surface area contributed by atoms with E-state index in [0.717, 1.165) is 37.1 Å². The molecule has 0 fully saturated rings. The molecule has 29 heavy (non-hydrogen) atoms. The lowest BCUT2D eigenvalue weighted by atomic mass is 9.83. The van der Waals surface area contributed by atoms with Crippen molar-refractivity contribution in [3.8, 4) is 0 Å². The third kappa shape index (κ3) is 5.01. The minimum Gasteiger partial charge on any atom is -0.392 e. The topological polar surface area (TPSA) is 53.4 Å². The van der Waals surface area contributed by atoms with E-state index in [1.165, 1.54) is 12.1 Å². The molecule has 2 rings (SSSR count). The fourth-order valence-electron chi connectivity index (χ4n) is 3.84. The smallest absolute Gasteiger partial charge is 0.260 e. The number of benzene rings is 1. The summed E-state index contributed by atoms with van der Waals surface area (Å²) in [6, 6.07) is 4.75. The molecule has 2 N–H and O–H groups in total. The number of nitrogens with zero attached hydrogens (tertiary/aromatic N) is 1. The highest BCUT2D eigenvalue weighted by molar-refractivity contribution is 5.49. The second-order valence-corrected chi connectivity index (χ2v) is 8.27. The average Bonchev–Trinajstić information content (AvgIpc) is 2.67. The second-order valence-electron chi connectivity index (χ2n) is 8.27. The molecule has 0 aliphatic rings. The monoisotopic (exact) mass is 405 g/mol. The quantitative estimate of drug-likeness (QED) is 0.514. The van der Waals surface area contributed by atoms with Crippen molar-refractivity contribution < 1.29 is 19.0 Å². The molecule has 0 saturated heterocycles. The van der Waals surface area contributed by atoms with Crippen molar-refractivity contribution in [2.75, 3.05) is 0 Å². The fraction of sp³-hybridized carbons (Fsp3) is 0.542. The maximum absolute atomic E-state index is 16.1. The second kappa shape index (κ2) is 9.77. The molecule has 0 amide bonds. The number of aliphatic hydroxyl groups excluding tert-OH is 1. The van der Waals surface area contributed by atoms with Crippen molar-refractivity contribution in [1.82, 2.24) is 4.98 Å². The zero-order valence-corrected chi connectivity index (χ0v) is 18.1. The number of pyridine rings is 1. The van der Waals surface area contributed by atoms with Gasteiger partial charge in [0, 0.05) is 28.1 Å². The maximum Gasteiger partial charge on any atom is 0.260 e. The van der Waals surface area contributed by atoms with Gasteiger partial charge in [0.25, 0.3) is 5.85 Å². The van der Waals surface area contributed by atoms with Gasteiger partial charge in [0.15, 0.2) is 0 Å². The lowest BCUT2D eigenvalue weighted by Crippen LogP contribution is -2.28. The first-order valence-electron chi connectivity index (χ1n) is 10.5. The SMILES string of the molecule is CCCCCc1c(C(C)C)nc(C(C)C)c(CO)c1C(O)(F)c1ccc(F)cc1. The lowest BCUT2D eigenvalue weighted by Gasteiger charge is -2.30. The zero-order valence-electron chi connectivity index (χ0n) is 18.1. The summed E-state index contributed by atoms with van der Waals surface area (Å²) in [6.07, 6.45) is 3.37. The summed E-state index contributed by atoms with van der Waals surface area (Å²) in [6.45, 7) is 9.51. The van der Waals surface area contributed by atoms with Crippen LogP contribution in [0.2, 0.25) is 0 Å². The summed E-state index contributed by atoms with van der Waals surface area (Å²) in [5.41, 5.74) is 2.33. The summed E-state index contributed by atoms with van der Waals surface area (Å²) in [5.74, 6) is -3.39. The van der Waals surface area contributed by atoms with Gasteiger partial charge in [0.2, 0.25) is 0 Å². The molecule has 1 atom stereocenters. The Morgan fingerprint density at radius 3 is 2.00 bits per heavy atom. The van der Waals surface area contributed by atoms with Crippen LogP contribution in [0.3, 0.4) is 0 Å². The molecular weight excluding hydrogens is 372 g/mol. The van der Waals surface area contributed by atoms with E-state index in [-0.39, 0.29) is 23.0 Å². The molecule has 3 nitrogen and oxygen atoms in total. The predicted molar refractivity (Wildman–Crippen MR) is 112 cm³/mol. The molecule has 0 saturated carbocycles. The van der Waals surface area contributed by atoms with Crippen molar-refractivity contribution in [2.24, 2.45) is 0 Å². The van der Waals surface area contributed by atoms with Crippen molar-refractivity contribution >= 4 is 0 Å². The number of rotatable bonds is 9. The summed E-state index contributed by atoms with van der Waals surface area (Å²) in [5, 5.41) is 21.2. The number of alkyl halides is 1. The van der Waals surface area contributed by atoms with E-state index >= 15 is 4.39 Å². The average molecular weight is 406 g/mol. The van der Waals surface area contributed by atoms with Crippen molar-refractivity contribution in [3.05, 3.63) is 63.7 Å². The van der Waals surface area contributed by atoms with E-state index in [9.17, 15) is 14.6 Å². The summed E-state index contributed by atoms with van der Waals surface area (Å²) in [7, 11) is 0. The van der Waals surface area contributed by atoms with Crippen LogP contribution in [0.15, 0.2) is 24.3 Å². The van der Waals surface area contributed by atoms with Gasteiger partial charge in [-0.2, -0.15) is 0 Å². The van der Waals surface area contributed by atoms with Crippen LogP contribution in [0.5, 0.6) is 0 Å². The molecule has 160 valence electrons. The van der Waals surface area contributed by atoms with Gasteiger partial charge in [-0.25, -0.2) is 8.78 Å². The number of hydrogen-bond acceptors (Lipinski definition) is 3. The normalized spacial score (nSPS) is 13.9. The Balaban J connectivity index is 2.84. The molecule has 0 aliphatic heterocycles. The Kier molecular flexibility index (Phi) is 7.89. The number of hydrogen-bond donors (Lipinski definition) is 2. The van der Waals surface area contributed by atoms with Crippen LogP contribution < -0.4 is 0 Å². The van der Waals surface area contributed by atoms with E-state index < -0.39 is 18.3 Å². The van der Waals surface area contributed by atoms with Gasteiger partial charge in [-0.15, -0.1) is 0 Å². The van der Waals surface area contributed by atoms with E-state index in [0.29, 0.717) is 23.2 Å². The molecule has 1 unspecified atom stereocenters. The number of aromatic nitrogens is 1. The standard InChI is InChI=1S/C24H33F2NO2/c1-6-7-8-9-19-21(24(26,29)17-10-12-18(25)13-11-17)20(14-28)23(16(4)5)27-22(19)15(2)3/h10-13,15-16,28-29H,6-9,14H2,1-5H3. The molecule has 1 aromatic carbocycles. The highest BCUT2D eigenvalue weighted by Crippen LogP contribution is 2.41. The van der Waals surface area contributed by atoms with Gasteiger partial charge in [0.05, 0.1) is 6.61 Å². The number of halogens is 2. The molecule has 1 heterocycles. The predicted octanol–water partition coefficient (Wildman–Crippen LogP) is 5.86. The highest BCUT2D eigenvalue weighted by atomic mass is 19.2. The molecule has 1 aromatic heterocycles. The molecule has 0 bridgehead atoms. The fourth-order valence-corrected chi connectivity index (χ4v) is 3.84. The minimum atomic E-state index is -2.86. The van der Waals surface area contributed by atoms with Crippen LogP contribution in [-0.4, -0.2) is 15.2 Å². The minimum absolute atomic E-state index is 0.0274. The van der Waals surface area contributed by atoms with Gasteiger partial charge in [-0.3, -0.25) is 4.98 Å². The lowest BCUT2D eigenvalue weighted by molar-refractivity contribution is -0.0570. The largest absolute Gasteiger partial charge is 0.392 e. The summed E-state index contributed by atoms with van der Waals surface area (Å²) >= 11 is 0. The molecule has 0 aliphatic carbocycles. The molecule has 0 spiro atoms. The number of unbranched alkanes of at least 4 members (excludes halogenated alkanes) is 2. The van der Waals surface area contributed by atoms with Gasteiger partial charge >= 0.3 is 0 Å². The van der Waals surface area contributed by atoms with E-state index in [2.05, 4.69) is 6.92 Å². The Morgan fingerprint density at radius 2 is 1.52 bits per heavy atom. The van der Waals surface area contributed by atoms with E-state index in [1.807, 2.05) is 27.7 Å². The van der Waals surface area contributed by atoms with Gasteiger partial charge in [-0.1, -0.05) is 59.6 Å². The van der Waals surface area contributed by atoms with Crippen molar-refractivity contribution in [1.29, 1.82) is 0 Å². The van der Waals surface area contributed by atoms with Crippen molar-refractivity contribution in [3.63, 3.8) is 0 Å². The Labute approximate surface area is 172 Å². The van der Waals surface area contributed by atoms with Gasteiger partial charge in [0.1, 0.15) is 5.82 Å². The van der Waals surface area contributed by atoms with Crippen LogP contribution in [0, 0.1) is 5.82 Å². The molecule has 2 aromatic rings. The van der Waals surface area contributed by atoms with Gasteiger partial charge < -0.3 is 10.2 Å². The molecule has 5 heteroatoms. The van der Waals surface area contributed by atoms with Crippen LogP contribution >= 0.6 is 0 Å². The van der Waals surface area contributed by atoms with Crippen LogP contribution in [0.1, 0.15) is 99.4 Å². The molecular formula is C24H33F2NO2. The van der Waals surface area contributed by atoms with Crippen LogP contribution in [0.4, 0.5) is 8.78 Å². The summed E-state index contributed by atoms with van der Waals surface area (Å²) in [4.78, 5) is 4.81. The number of aliphatic hydroxyl groups is 2.